The molecule has 0 saturated carbocycles. The van der Waals surface area contributed by atoms with Crippen LogP contribution in [0.5, 0.6) is 0 Å². The van der Waals surface area contributed by atoms with Gasteiger partial charge in [0.2, 0.25) is 5.91 Å². The summed E-state index contributed by atoms with van der Waals surface area (Å²) in [6, 6.07) is 0.343. The summed E-state index contributed by atoms with van der Waals surface area (Å²) in [5.74, 6) is 0.479. The molecule has 76 valence electrons. The van der Waals surface area contributed by atoms with Gasteiger partial charge in [-0.15, -0.1) is 0 Å². The van der Waals surface area contributed by atoms with Gasteiger partial charge in [-0.1, -0.05) is 6.92 Å². The molecule has 0 spiro atoms. The Morgan fingerprint density at radius 3 is 3.07 bits per heavy atom. The molecular weight excluding hydrogens is 178 g/mol. The highest BCUT2D eigenvalue weighted by Gasteiger charge is 2.32. The number of piperidine rings is 1. The first-order valence-corrected chi connectivity index (χ1v) is 5.20. The van der Waals surface area contributed by atoms with Crippen LogP contribution >= 0.6 is 0 Å². The standard InChI is InChI=1S/C11H15NO2/c1-8-5-10-3-2-4-11(14)12(10)6-9(8)7-13/h6-8,10H,2-5H2,1H3/t8-,10?/m1/s1. The van der Waals surface area contributed by atoms with Gasteiger partial charge in [0.25, 0.3) is 0 Å². The van der Waals surface area contributed by atoms with E-state index in [2.05, 4.69) is 6.92 Å². The smallest absolute Gasteiger partial charge is 0.226 e. The zero-order chi connectivity index (χ0) is 10.1. The molecular formula is C11H15NO2. The molecule has 2 aliphatic heterocycles. The van der Waals surface area contributed by atoms with E-state index < -0.39 is 0 Å². The van der Waals surface area contributed by atoms with Crippen molar-refractivity contribution in [3.63, 3.8) is 0 Å². The molecule has 1 fully saturated rings. The zero-order valence-corrected chi connectivity index (χ0v) is 8.40. The Bertz CT molecular complexity index is 296. The van der Waals surface area contributed by atoms with Crippen molar-refractivity contribution in [1.82, 2.24) is 4.90 Å². The minimum Gasteiger partial charge on any atom is -0.316 e. The topological polar surface area (TPSA) is 37.4 Å². The molecule has 14 heavy (non-hydrogen) atoms. The van der Waals surface area contributed by atoms with Crippen molar-refractivity contribution in [3.05, 3.63) is 11.8 Å². The van der Waals surface area contributed by atoms with Crippen LogP contribution in [-0.2, 0) is 9.59 Å². The predicted molar refractivity (Wildman–Crippen MR) is 52.4 cm³/mol. The largest absolute Gasteiger partial charge is 0.316 e. The quantitative estimate of drug-likeness (QED) is 0.592. The number of allylic oxidation sites excluding steroid dienone is 1. The number of fused-ring (bicyclic) bond motifs is 1. The van der Waals surface area contributed by atoms with E-state index in [4.69, 9.17) is 0 Å². The first kappa shape index (κ1) is 9.44. The Labute approximate surface area is 83.8 Å². The van der Waals surface area contributed by atoms with Gasteiger partial charge in [-0.3, -0.25) is 9.59 Å². The molecule has 0 aromatic heterocycles. The minimum absolute atomic E-state index is 0.174. The van der Waals surface area contributed by atoms with Gasteiger partial charge in [-0.05, 0) is 25.2 Å². The minimum atomic E-state index is 0.174. The van der Waals surface area contributed by atoms with Crippen LogP contribution in [0.3, 0.4) is 0 Å². The lowest BCUT2D eigenvalue weighted by Gasteiger charge is -2.38. The van der Waals surface area contributed by atoms with Crippen LogP contribution < -0.4 is 0 Å². The van der Waals surface area contributed by atoms with Crippen molar-refractivity contribution in [2.24, 2.45) is 5.92 Å². The van der Waals surface area contributed by atoms with Crippen molar-refractivity contribution >= 4 is 12.2 Å². The highest BCUT2D eigenvalue weighted by molar-refractivity contribution is 5.81. The number of carbonyl (C=O) groups excluding carboxylic acids is 2. The number of rotatable bonds is 1. The molecule has 2 heterocycles. The van der Waals surface area contributed by atoms with E-state index in [1.807, 2.05) is 0 Å². The molecule has 3 heteroatoms. The van der Waals surface area contributed by atoms with E-state index in [-0.39, 0.29) is 5.91 Å². The Balaban J connectivity index is 2.26. The molecule has 1 saturated heterocycles. The highest BCUT2D eigenvalue weighted by Crippen LogP contribution is 2.31. The predicted octanol–water partition coefficient (Wildman–Crippen LogP) is 1.49. The lowest BCUT2D eigenvalue weighted by Crippen LogP contribution is -2.43. The zero-order valence-electron chi connectivity index (χ0n) is 8.40. The van der Waals surface area contributed by atoms with Gasteiger partial charge in [0.15, 0.2) is 0 Å². The average molecular weight is 193 g/mol. The monoisotopic (exact) mass is 193 g/mol. The molecule has 0 aromatic carbocycles. The number of amides is 1. The molecule has 0 bridgehead atoms. The Hall–Kier alpha value is -1.12. The van der Waals surface area contributed by atoms with Crippen LogP contribution in [-0.4, -0.2) is 23.1 Å². The van der Waals surface area contributed by atoms with Crippen LogP contribution in [0.2, 0.25) is 0 Å². The fraction of sp³-hybridized carbons (Fsp3) is 0.636. The number of carbonyl (C=O) groups is 2. The summed E-state index contributed by atoms with van der Waals surface area (Å²) in [6.45, 7) is 2.05. The van der Waals surface area contributed by atoms with E-state index in [9.17, 15) is 9.59 Å². The van der Waals surface area contributed by atoms with Crippen LogP contribution in [0, 0.1) is 5.92 Å². The third-order valence-electron chi connectivity index (χ3n) is 3.23. The van der Waals surface area contributed by atoms with Gasteiger partial charge >= 0.3 is 0 Å². The van der Waals surface area contributed by atoms with Crippen molar-refractivity contribution in [2.75, 3.05) is 0 Å². The summed E-state index contributed by atoms with van der Waals surface area (Å²) in [6.07, 6.45) is 6.29. The maximum absolute atomic E-state index is 11.6. The van der Waals surface area contributed by atoms with Gasteiger partial charge < -0.3 is 4.90 Å². The van der Waals surface area contributed by atoms with Crippen molar-refractivity contribution < 1.29 is 9.59 Å². The lowest BCUT2D eigenvalue weighted by molar-refractivity contribution is -0.133. The van der Waals surface area contributed by atoms with Crippen molar-refractivity contribution in [3.8, 4) is 0 Å². The van der Waals surface area contributed by atoms with Crippen LogP contribution in [0.1, 0.15) is 32.6 Å². The van der Waals surface area contributed by atoms with E-state index in [1.165, 1.54) is 0 Å². The fourth-order valence-electron chi connectivity index (χ4n) is 2.35. The Morgan fingerprint density at radius 2 is 2.36 bits per heavy atom. The van der Waals surface area contributed by atoms with Crippen LogP contribution in [0.15, 0.2) is 11.8 Å². The molecule has 2 aliphatic rings. The second kappa shape index (κ2) is 3.56. The SMILES string of the molecule is C[C@@H]1CC2CCCC(=O)N2C=C1C=O. The molecule has 1 amide bonds. The van der Waals surface area contributed by atoms with Crippen LogP contribution in [0.25, 0.3) is 0 Å². The number of aldehydes is 1. The number of nitrogens with zero attached hydrogens (tertiary/aromatic N) is 1. The normalized spacial score (nSPS) is 32.2. The van der Waals surface area contributed by atoms with Gasteiger partial charge in [0, 0.05) is 24.2 Å². The first-order chi connectivity index (χ1) is 6.72. The Kier molecular flexibility index (Phi) is 2.40. The number of hydrogen-bond acceptors (Lipinski definition) is 2. The van der Waals surface area contributed by atoms with Gasteiger partial charge in [-0.2, -0.15) is 0 Å². The molecule has 2 atom stereocenters. The highest BCUT2D eigenvalue weighted by atomic mass is 16.2. The third kappa shape index (κ3) is 1.47. The van der Waals surface area contributed by atoms with Gasteiger partial charge in [-0.25, -0.2) is 0 Å². The van der Waals surface area contributed by atoms with Crippen LogP contribution in [0.4, 0.5) is 0 Å². The summed E-state index contributed by atoms with van der Waals surface area (Å²) in [4.78, 5) is 24.1. The fourth-order valence-corrected chi connectivity index (χ4v) is 2.35. The summed E-state index contributed by atoms with van der Waals surface area (Å²) in [5.41, 5.74) is 0.761. The number of hydrogen-bond donors (Lipinski definition) is 0. The molecule has 0 aromatic rings. The van der Waals surface area contributed by atoms with Gasteiger partial charge in [0.05, 0.1) is 0 Å². The summed E-state index contributed by atoms with van der Waals surface area (Å²) in [5, 5.41) is 0. The molecule has 0 radical (unpaired) electrons. The lowest BCUT2D eigenvalue weighted by atomic mass is 9.86. The maximum atomic E-state index is 11.6. The summed E-state index contributed by atoms with van der Waals surface area (Å²) < 4.78 is 0. The van der Waals surface area contributed by atoms with E-state index in [0.29, 0.717) is 18.4 Å². The molecule has 0 N–H and O–H groups in total. The summed E-state index contributed by atoms with van der Waals surface area (Å²) in [7, 11) is 0. The van der Waals surface area contributed by atoms with E-state index in [1.54, 1.807) is 11.1 Å². The molecule has 1 unspecified atom stereocenters. The third-order valence-corrected chi connectivity index (χ3v) is 3.23. The van der Waals surface area contributed by atoms with Gasteiger partial charge in [0.1, 0.15) is 6.29 Å². The molecule has 0 aliphatic carbocycles. The second-order valence-electron chi connectivity index (χ2n) is 4.23. The van der Waals surface area contributed by atoms with Crippen molar-refractivity contribution in [1.29, 1.82) is 0 Å². The Morgan fingerprint density at radius 1 is 1.57 bits per heavy atom. The average Bonchev–Trinajstić information content (AvgIpc) is 2.17. The first-order valence-electron chi connectivity index (χ1n) is 5.20. The van der Waals surface area contributed by atoms with E-state index in [0.717, 1.165) is 31.1 Å². The summed E-state index contributed by atoms with van der Waals surface area (Å²) >= 11 is 0. The maximum Gasteiger partial charge on any atom is 0.226 e. The molecule has 3 nitrogen and oxygen atoms in total. The van der Waals surface area contributed by atoms with Crippen molar-refractivity contribution in [2.45, 2.75) is 38.6 Å². The van der Waals surface area contributed by atoms with E-state index >= 15 is 0 Å². The molecule has 2 rings (SSSR count). The second-order valence-corrected chi connectivity index (χ2v) is 4.23.